The molecule has 32 heavy (non-hydrogen) atoms. The number of thioether (sulfide) groups is 1. The van der Waals surface area contributed by atoms with E-state index in [1.807, 2.05) is 13.2 Å². The van der Waals surface area contributed by atoms with Crippen molar-refractivity contribution in [2.24, 2.45) is 0 Å². The number of aromatic nitrogens is 3. The molecule has 0 saturated heterocycles. The fourth-order valence-electron chi connectivity index (χ4n) is 3.22. The van der Waals surface area contributed by atoms with Crippen molar-refractivity contribution in [2.75, 3.05) is 11.6 Å². The Bertz CT molecular complexity index is 1460. The van der Waals surface area contributed by atoms with Gasteiger partial charge in [0.15, 0.2) is 9.99 Å². The molecular weight excluding hydrogens is 451 g/mol. The lowest BCUT2D eigenvalue weighted by atomic mass is 10.2. The molecule has 2 heterocycles. The number of carbonyl (C=O) groups is 1. The maximum Gasteiger partial charge on any atom is 0.337 e. The van der Waals surface area contributed by atoms with Crippen LogP contribution in [0.1, 0.15) is 11.1 Å². The lowest BCUT2D eigenvalue weighted by Gasteiger charge is -2.12. The molecule has 0 unspecified atom stereocenters. The van der Waals surface area contributed by atoms with Crippen LogP contribution in [0.4, 0.5) is 10.1 Å². The number of rotatable bonds is 5. The van der Waals surface area contributed by atoms with Crippen LogP contribution in [0.2, 0.25) is 0 Å². The third-order valence-electron chi connectivity index (χ3n) is 4.83. The van der Waals surface area contributed by atoms with Crippen LogP contribution in [0.5, 0.6) is 0 Å². The molecule has 0 spiro atoms. The molecule has 1 amide bonds. The van der Waals surface area contributed by atoms with Gasteiger partial charge in [-0.3, -0.25) is 14.2 Å². The Morgan fingerprint density at radius 1 is 1.12 bits per heavy atom. The summed E-state index contributed by atoms with van der Waals surface area (Å²) >= 11 is 2.50. The van der Waals surface area contributed by atoms with Gasteiger partial charge in [0, 0.05) is 0 Å². The number of thiazole rings is 1. The van der Waals surface area contributed by atoms with Crippen molar-refractivity contribution >= 4 is 45.0 Å². The van der Waals surface area contributed by atoms with Crippen LogP contribution in [-0.4, -0.2) is 26.3 Å². The van der Waals surface area contributed by atoms with Gasteiger partial charge >= 0.3 is 5.69 Å². The average Bonchev–Trinajstić information content (AvgIpc) is 3.19. The third-order valence-corrected chi connectivity index (χ3v) is 6.85. The Morgan fingerprint density at radius 3 is 2.47 bits per heavy atom. The van der Waals surface area contributed by atoms with Gasteiger partial charge in [0.2, 0.25) is 5.91 Å². The van der Waals surface area contributed by atoms with Gasteiger partial charge in [-0.2, -0.15) is 0 Å². The molecule has 4 rings (SSSR count). The number of amides is 1. The summed E-state index contributed by atoms with van der Waals surface area (Å²) in [5.41, 5.74) is 1.06. The molecule has 4 aromatic rings. The molecular formula is C22H19FN4O3S2. The third kappa shape index (κ3) is 4.11. The lowest BCUT2D eigenvalue weighted by molar-refractivity contribution is -0.116. The highest BCUT2D eigenvalue weighted by Crippen LogP contribution is 2.25. The number of aryl methyl sites for hydroxylation is 2. The Hall–Kier alpha value is -3.24. The molecule has 0 radical (unpaired) electrons. The number of anilines is 1. The second-order valence-corrected chi connectivity index (χ2v) is 9.27. The van der Waals surface area contributed by atoms with Crippen LogP contribution in [0, 0.1) is 19.7 Å². The quantitative estimate of drug-likeness (QED) is 0.449. The van der Waals surface area contributed by atoms with E-state index in [0.29, 0.717) is 10.0 Å². The van der Waals surface area contributed by atoms with E-state index in [1.165, 1.54) is 23.9 Å². The van der Waals surface area contributed by atoms with E-state index in [0.717, 1.165) is 31.6 Å². The lowest BCUT2D eigenvalue weighted by Crippen LogP contribution is -2.40. The highest BCUT2D eigenvalue weighted by Gasteiger charge is 2.21. The number of fused-ring (bicyclic) bond motifs is 1. The molecule has 0 bridgehead atoms. The average molecular weight is 471 g/mol. The molecule has 0 aliphatic heterocycles. The van der Waals surface area contributed by atoms with Gasteiger partial charge in [0.1, 0.15) is 17.1 Å². The zero-order valence-electron chi connectivity index (χ0n) is 17.5. The van der Waals surface area contributed by atoms with Crippen molar-refractivity contribution in [2.45, 2.75) is 24.7 Å². The summed E-state index contributed by atoms with van der Waals surface area (Å²) in [6, 6.07) is 11.4. The Balaban J connectivity index is 1.83. The minimum Gasteiger partial charge on any atom is -0.322 e. The summed E-state index contributed by atoms with van der Waals surface area (Å²) in [5.74, 6) is -1.18. The second kappa shape index (κ2) is 8.71. The van der Waals surface area contributed by atoms with Crippen LogP contribution in [0.15, 0.2) is 56.4 Å². The van der Waals surface area contributed by atoms with E-state index in [4.69, 9.17) is 0 Å². The summed E-state index contributed by atoms with van der Waals surface area (Å²) in [6.07, 6.45) is 1.81. The molecule has 2 aromatic heterocycles. The van der Waals surface area contributed by atoms with Gasteiger partial charge in [-0.05, 0) is 49.9 Å². The SMILES string of the molecule is CSc1nc2c(s1)c(=O)n(-c1ccc(C)cc1)c(=O)n2CC(=O)Nc1ccc(C)cc1F. The van der Waals surface area contributed by atoms with E-state index in [-0.39, 0.29) is 16.0 Å². The number of halogens is 1. The van der Waals surface area contributed by atoms with Gasteiger partial charge in [0.05, 0.1) is 11.4 Å². The number of nitrogens with zero attached hydrogens (tertiary/aromatic N) is 3. The summed E-state index contributed by atoms with van der Waals surface area (Å²) in [6.45, 7) is 3.22. The summed E-state index contributed by atoms with van der Waals surface area (Å²) < 4.78 is 17.2. The monoisotopic (exact) mass is 470 g/mol. The van der Waals surface area contributed by atoms with E-state index in [1.54, 1.807) is 37.3 Å². The molecule has 2 aromatic carbocycles. The molecule has 1 N–H and O–H groups in total. The van der Waals surface area contributed by atoms with Crippen LogP contribution < -0.4 is 16.6 Å². The van der Waals surface area contributed by atoms with E-state index in [2.05, 4.69) is 10.3 Å². The number of hydrogen-bond donors (Lipinski definition) is 1. The topological polar surface area (TPSA) is 86.0 Å². The fraction of sp³-hybridized carbons (Fsp3) is 0.182. The second-order valence-electron chi connectivity index (χ2n) is 7.21. The smallest absolute Gasteiger partial charge is 0.322 e. The molecule has 10 heteroatoms. The highest BCUT2D eigenvalue weighted by atomic mass is 32.2. The highest BCUT2D eigenvalue weighted by molar-refractivity contribution is 8.00. The number of hydrogen-bond acceptors (Lipinski definition) is 6. The Kier molecular flexibility index (Phi) is 5.98. The first-order valence-electron chi connectivity index (χ1n) is 9.62. The van der Waals surface area contributed by atoms with Crippen molar-refractivity contribution in [3.63, 3.8) is 0 Å². The molecule has 0 fully saturated rings. The number of carbonyl (C=O) groups excluding carboxylic acids is 1. The normalized spacial score (nSPS) is 11.1. The first-order valence-corrected chi connectivity index (χ1v) is 11.7. The van der Waals surface area contributed by atoms with Crippen LogP contribution in [-0.2, 0) is 11.3 Å². The zero-order chi connectivity index (χ0) is 23.0. The van der Waals surface area contributed by atoms with Gasteiger partial charge in [-0.25, -0.2) is 18.7 Å². The first kappa shape index (κ1) is 22.0. The summed E-state index contributed by atoms with van der Waals surface area (Å²) in [4.78, 5) is 43.5. The van der Waals surface area contributed by atoms with Gasteiger partial charge in [0.25, 0.3) is 5.56 Å². The molecule has 0 atom stereocenters. The maximum atomic E-state index is 14.2. The van der Waals surface area contributed by atoms with E-state index in [9.17, 15) is 18.8 Å². The molecule has 7 nitrogen and oxygen atoms in total. The van der Waals surface area contributed by atoms with Crippen LogP contribution in [0.3, 0.4) is 0 Å². The molecule has 0 aliphatic rings. The predicted octanol–water partition coefficient (Wildman–Crippen LogP) is 3.73. The Labute approximate surface area is 190 Å². The first-order chi connectivity index (χ1) is 15.3. The standard InChI is InChI=1S/C22H19FN4O3S2/c1-12-4-7-14(8-5-12)27-20(29)18-19(25-21(31-3)32-18)26(22(27)30)11-17(28)24-16-9-6-13(2)10-15(16)23/h4-10H,11H2,1-3H3,(H,24,28). The predicted molar refractivity (Wildman–Crippen MR) is 126 cm³/mol. The van der Waals surface area contributed by atoms with Gasteiger partial charge in [-0.1, -0.05) is 35.5 Å². The minimum atomic E-state index is -0.691. The minimum absolute atomic E-state index is 0.0137. The maximum absolute atomic E-state index is 14.2. The van der Waals surface area contributed by atoms with Crippen LogP contribution in [0.25, 0.3) is 16.0 Å². The number of benzene rings is 2. The zero-order valence-corrected chi connectivity index (χ0v) is 19.1. The van der Waals surface area contributed by atoms with Gasteiger partial charge in [-0.15, -0.1) is 11.3 Å². The van der Waals surface area contributed by atoms with E-state index < -0.39 is 29.5 Å². The van der Waals surface area contributed by atoms with E-state index >= 15 is 0 Å². The van der Waals surface area contributed by atoms with Crippen molar-refractivity contribution in [1.82, 2.24) is 14.1 Å². The van der Waals surface area contributed by atoms with Crippen molar-refractivity contribution in [1.29, 1.82) is 0 Å². The fourth-order valence-corrected chi connectivity index (χ4v) is 4.71. The molecule has 0 saturated carbocycles. The molecule has 0 aliphatic carbocycles. The van der Waals surface area contributed by atoms with Crippen molar-refractivity contribution in [3.05, 3.63) is 80.2 Å². The Morgan fingerprint density at radius 2 is 1.81 bits per heavy atom. The van der Waals surface area contributed by atoms with Crippen molar-refractivity contribution < 1.29 is 9.18 Å². The summed E-state index contributed by atoms with van der Waals surface area (Å²) in [5, 5.41) is 2.49. The largest absolute Gasteiger partial charge is 0.337 e. The van der Waals surface area contributed by atoms with Crippen LogP contribution >= 0.6 is 23.1 Å². The number of nitrogens with one attached hydrogen (secondary N) is 1. The molecule has 164 valence electrons. The van der Waals surface area contributed by atoms with Crippen molar-refractivity contribution in [3.8, 4) is 5.69 Å². The summed E-state index contributed by atoms with van der Waals surface area (Å²) in [7, 11) is 0. The van der Waals surface area contributed by atoms with Gasteiger partial charge < -0.3 is 5.32 Å².